The molecule has 0 atom stereocenters. The van der Waals surface area contributed by atoms with Gasteiger partial charge in [0, 0.05) is 19.3 Å². The highest BCUT2D eigenvalue weighted by Crippen LogP contribution is 2.25. The topological polar surface area (TPSA) is 62.7 Å². The molecule has 5 nitrogen and oxygen atoms in total. The van der Waals surface area contributed by atoms with Crippen molar-refractivity contribution >= 4 is 11.8 Å². The molecule has 1 aliphatic rings. The lowest BCUT2D eigenvalue weighted by Gasteiger charge is -2.33. The van der Waals surface area contributed by atoms with Gasteiger partial charge in [-0.1, -0.05) is 13.0 Å². The Kier molecular flexibility index (Phi) is 6.90. The first-order valence-corrected chi connectivity index (χ1v) is 10.2. The zero-order valence-electron chi connectivity index (χ0n) is 16.9. The largest absolute Gasteiger partial charge is 0.494 e. The lowest BCUT2D eigenvalue weighted by molar-refractivity contribution is 0.0696. The first kappa shape index (κ1) is 20.2. The number of ether oxygens (including phenoxy) is 1. The first-order valence-electron chi connectivity index (χ1n) is 10.2. The Bertz CT molecular complexity index is 781. The van der Waals surface area contributed by atoms with E-state index in [1.54, 1.807) is 25.1 Å². The molecule has 0 unspecified atom stereocenters. The van der Waals surface area contributed by atoms with E-state index in [-0.39, 0.29) is 0 Å². The lowest BCUT2D eigenvalue weighted by Crippen LogP contribution is -2.34. The number of hydrogen-bond acceptors (Lipinski definition) is 4. The number of aromatic nitrogens is 1. The van der Waals surface area contributed by atoms with Gasteiger partial charge in [-0.2, -0.15) is 0 Å². The number of benzene rings is 1. The number of aryl methyl sites for hydroxylation is 2. The second-order valence-electron chi connectivity index (χ2n) is 7.58. The standard InChI is InChI=1S/C23H30N2O3/c1-3-18-6-9-22(24-16-18)25-12-10-19(11-13-25)5-4-14-28-20-7-8-21(23(26)27)17(2)15-20/h6-9,15-16,19H,3-5,10-14H2,1-2H3,(H,26,27). The third-order valence-corrected chi connectivity index (χ3v) is 5.61. The number of carboxylic acid groups (broad SMARTS) is 1. The van der Waals surface area contributed by atoms with Gasteiger partial charge in [-0.25, -0.2) is 9.78 Å². The predicted octanol–water partition coefficient (Wildman–Crippen LogP) is 4.73. The first-order chi connectivity index (χ1) is 13.6. The van der Waals surface area contributed by atoms with Crippen LogP contribution in [0.2, 0.25) is 0 Å². The monoisotopic (exact) mass is 382 g/mol. The number of nitrogens with zero attached hydrogens (tertiary/aromatic N) is 2. The van der Waals surface area contributed by atoms with Crippen molar-refractivity contribution in [3.05, 3.63) is 53.2 Å². The highest BCUT2D eigenvalue weighted by atomic mass is 16.5. The van der Waals surface area contributed by atoms with Gasteiger partial charge in [-0.05, 0) is 80.3 Å². The summed E-state index contributed by atoms with van der Waals surface area (Å²) in [5.41, 5.74) is 2.35. The van der Waals surface area contributed by atoms with Crippen LogP contribution in [0.3, 0.4) is 0 Å². The maximum Gasteiger partial charge on any atom is 0.335 e. The van der Waals surface area contributed by atoms with E-state index in [2.05, 4.69) is 28.9 Å². The zero-order chi connectivity index (χ0) is 19.9. The second-order valence-corrected chi connectivity index (χ2v) is 7.58. The van der Waals surface area contributed by atoms with Crippen LogP contribution < -0.4 is 9.64 Å². The number of pyridine rings is 1. The fourth-order valence-corrected chi connectivity index (χ4v) is 3.79. The van der Waals surface area contributed by atoms with Crippen molar-refractivity contribution in [1.29, 1.82) is 0 Å². The fourth-order valence-electron chi connectivity index (χ4n) is 3.79. The number of carbonyl (C=O) groups is 1. The van der Waals surface area contributed by atoms with Crippen molar-refractivity contribution < 1.29 is 14.6 Å². The van der Waals surface area contributed by atoms with Crippen molar-refractivity contribution in [1.82, 2.24) is 4.98 Å². The zero-order valence-corrected chi connectivity index (χ0v) is 16.9. The Labute approximate surface area is 167 Å². The van der Waals surface area contributed by atoms with Crippen LogP contribution in [0.4, 0.5) is 5.82 Å². The van der Waals surface area contributed by atoms with Gasteiger partial charge in [0.1, 0.15) is 11.6 Å². The number of rotatable bonds is 8. The van der Waals surface area contributed by atoms with Gasteiger partial charge in [-0.15, -0.1) is 0 Å². The summed E-state index contributed by atoms with van der Waals surface area (Å²) in [4.78, 5) is 18.1. The molecule has 1 aliphatic heterocycles. The molecule has 3 rings (SSSR count). The molecule has 0 saturated carbocycles. The van der Waals surface area contributed by atoms with Crippen molar-refractivity contribution in [2.45, 2.75) is 46.0 Å². The Balaban J connectivity index is 1.37. The highest BCUT2D eigenvalue weighted by Gasteiger charge is 2.19. The average molecular weight is 383 g/mol. The number of hydrogen-bond donors (Lipinski definition) is 1. The maximum absolute atomic E-state index is 11.1. The van der Waals surface area contributed by atoms with Crippen molar-refractivity contribution in [2.24, 2.45) is 5.92 Å². The van der Waals surface area contributed by atoms with E-state index in [1.807, 2.05) is 6.20 Å². The van der Waals surface area contributed by atoms with Crippen LogP contribution in [-0.4, -0.2) is 35.8 Å². The number of anilines is 1. The molecule has 0 radical (unpaired) electrons. The molecular weight excluding hydrogens is 352 g/mol. The Hall–Kier alpha value is -2.56. The lowest BCUT2D eigenvalue weighted by atomic mass is 9.92. The minimum absolute atomic E-state index is 0.331. The molecule has 5 heteroatoms. The van der Waals surface area contributed by atoms with Crippen LogP contribution in [0.15, 0.2) is 36.5 Å². The molecule has 1 fully saturated rings. The highest BCUT2D eigenvalue weighted by molar-refractivity contribution is 5.89. The van der Waals surface area contributed by atoms with E-state index in [0.29, 0.717) is 12.2 Å². The third-order valence-electron chi connectivity index (χ3n) is 5.61. The molecule has 28 heavy (non-hydrogen) atoms. The van der Waals surface area contributed by atoms with Gasteiger partial charge in [0.2, 0.25) is 0 Å². The van der Waals surface area contributed by atoms with Crippen molar-refractivity contribution in [2.75, 3.05) is 24.6 Å². The third kappa shape index (κ3) is 5.24. The fraction of sp³-hybridized carbons (Fsp3) is 0.478. The summed E-state index contributed by atoms with van der Waals surface area (Å²) in [5, 5.41) is 9.08. The summed E-state index contributed by atoms with van der Waals surface area (Å²) in [6.07, 6.45) is 7.60. The number of carboxylic acids is 1. The molecule has 1 N–H and O–H groups in total. The van der Waals surface area contributed by atoms with Crippen LogP contribution >= 0.6 is 0 Å². The van der Waals surface area contributed by atoms with Crippen molar-refractivity contribution in [3.63, 3.8) is 0 Å². The van der Waals surface area contributed by atoms with Gasteiger partial charge in [0.25, 0.3) is 0 Å². The minimum atomic E-state index is -0.896. The van der Waals surface area contributed by atoms with E-state index < -0.39 is 5.97 Å². The summed E-state index contributed by atoms with van der Waals surface area (Å²) in [6.45, 7) is 6.76. The molecular formula is C23H30N2O3. The Morgan fingerprint density at radius 2 is 2.04 bits per heavy atom. The van der Waals surface area contributed by atoms with E-state index in [4.69, 9.17) is 9.84 Å². The van der Waals surface area contributed by atoms with Crippen LogP contribution in [0, 0.1) is 12.8 Å². The molecule has 0 spiro atoms. The molecule has 1 aromatic heterocycles. The van der Waals surface area contributed by atoms with Gasteiger partial charge >= 0.3 is 5.97 Å². The van der Waals surface area contributed by atoms with Gasteiger partial charge in [0.15, 0.2) is 0 Å². The van der Waals surface area contributed by atoms with Crippen LogP contribution in [0.1, 0.15) is 54.1 Å². The molecule has 150 valence electrons. The summed E-state index contributed by atoms with van der Waals surface area (Å²) < 4.78 is 5.81. The molecule has 1 aromatic carbocycles. The summed E-state index contributed by atoms with van der Waals surface area (Å²) in [6, 6.07) is 9.48. The normalized spacial score (nSPS) is 14.9. The van der Waals surface area contributed by atoms with E-state index >= 15 is 0 Å². The van der Waals surface area contributed by atoms with Gasteiger partial charge in [-0.3, -0.25) is 0 Å². The van der Waals surface area contributed by atoms with Crippen LogP contribution in [0.25, 0.3) is 0 Å². The SMILES string of the molecule is CCc1ccc(N2CCC(CCCOc3ccc(C(=O)O)c(C)c3)CC2)nc1. The Morgan fingerprint density at radius 3 is 2.64 bits per heavy atom. The minimum Gasteiger partial charge on any atom is -0.494 e. The molecule has 0 bridgehead atoms. The van der Waals surface area contributed by atoms with E-state index in [0.717, 1.165) is 49.0 Å². The predicted molar refractivity (Wildman–Crippen MR) is 111 cm³/mol. The maximum atomic E-state index is 11.1. The quantitative estimate of drug-likeness (QED) is 0.669. The Morgan fingerprint density at radius 1 is 1.25 bits per heavy atom. The molecule has 2 aromatic rings. The average Bonchev–Trinajstić information content (AvgIpc) is 2.71. The van der Waals surface area contributed by atoms with Crippen LogP contribution in [0.5, 0.6) is 5.75 Å². The van der Waals surface area contributed by atoms with E-state index in [1.165, 1.54) is 24.8 Å². The summed E-state index contributed by atoms with van der Waals surface area (Å²) in [5.74, 6) is 1.69. The smallest absolute Gasteiger partial charge is 0.335 e. The van der Waals surface area contributed by atoms with Gasteiger partial charge in [0.05, 0.1) is 12.2 Å². The van der Waals surface area contributed by atoms with Crippen LogP contribution in [-0.2, 0) is 6.42 Å². The summed E-state index contributed by atoms with van der Waals surface area (Å²) >= 11 is 0. The summed E-state index contributed by atoms with van der Waals surface area (Å²) in [7, 11) is 0. The number of piperidine rings is 1. The second kappa shape index (κ2) is 9.58. The molecule has 2 heterocycles. The number of aromatic carboxylic acids is 1. The van der Waals surface area contributed by atoms with E-state index in [9.17, 15) is 4.79 Å². The van der Waals surface area contributed by atoms with Crippen molar-refractivity contribution in [3.8, 4) is 5.75 Å². The molecule has 0 amide bonds. The van der Waals surface area contributed by atoms with Gasteiger partial charge < -0.3 is 14.7 Å². The molecule has 0 aliphatic carbocycles. The molecule has 1 saturated heterocycles.